The Morgan fingerprint density at radius 1 is 0.900 bits per heavy atom. The summed E-state index contributed by atoms with van der Waals surface area (Å²) < 4.78 is 0. The molecule has 0 aromatic carbocycles. The van der Waals surface area contributed by atoms with Crippen LogP contribution in [0.5, 0.6) is 0 Å². The largest absolute Gasteiger partial charge is 0.294 e. The second-order valence-corrected chi connectivity index (χ2v) is 3.04. The van der Waals surface area contributed by atoms with Crippen LogP contribution in [0.15, 0.2) is 0 Å². The second kappa shape index (κ2) is 5.56. The van der Waals surface area contributed by atoms with Crippen LogP contribution in [-0.2, 0) is 0 Å². The van der Waals surface area contributed by atoms with E-state index in [1.165, 1.54) is 0 Å². The zero-order valence-electron chi connectivity index (χ0n) is 5.64. The van der Waals surface area contributed by atoms with Crippen LogP contribution in [0.25, 0.3) is 0 Å². The van der Waals surface area contributed by atoms with Gasteiger partial charge in [0, 0.05) is 0 Å². The molecule has 0 bridgehead atoms. The quantitative estimate of drug-likeness (QED) is 0.471. The molecule has 0 aromatic heterocycles. The van der Waals surface area contributed by atoms with Crippen molar-refractivity contribution < 1.29 is 0 Å². The van der Waals surface area contributed by atoms with Crippen molar-refractivity contribution in [3.05, 3.63) is 0 Å². The van der Waals surface area contributed by atoms with Crippen LogP contribution in [-0.4, -0.2) is 9.98 Å². The van der Waals surface area contributed by atoms with E-state index in [0.717, 1.165) is 12.8 Å². The van der Waals surface area contributed by atoms with Crippen molar-refractivity contribution in [2.75, 3.05) is 0 Å². The van der Waals surface area contributed by atoms with Crippen LogP contribution in [0.2, 0.25) is 0 Å². The molecule has 56 valence electrons. The molecule has 2 radical (unpaired) electrons. The molecule has 0 fully saturated rings. The van der Waals surface area contributed by atoms with Gasteiger partial charge in [0.2, 0.25) is 0 Å². The maximum atomic E-state index is 6.92. The molecule has 0 aliphatic heterocycles. The maximum absolute atomic E-state index is 6.92. The van der Waals surface area contributed by atoms with E-state index in [1.54, 1.807) is 0 Å². The van der Waals surface area contributed by atoms with Crippen molar-refractivity contribution in [2.24, 2.45) is 0 Å². The smallest absolute Gasteiger partial charge is 0.0939 e. The molecule has 0 amide bonds. The molecule has 4 heteroatoms. The van der Waals surface area contributed by atoms with E-state index in [1.807, 2.05) is 0 Å². The highest BCUT2D eigenvalue weighted by Gasteiger charge is 1.93. The van der Waals surface area contributed by atoms with Crippen LogP contribution in [0, 0.1) is 0 Å². The number of hydrogen-bond acceptors (Lipinski definition) is 2. The molecule has 0 atom stereocenters. The third-order valence-corrected chi connectivity index (χ3v) is 1.47. The van der Waals surface area contributed by atoms with Gasteiger partial charge in [-0.2, -0.15) is 0 Å². The van der Waals surface area contributed by atoms with Gasteiger partial charge >= 0.3 is 0 Å². The van der Waals surface area contributed by atoms with Gasteiger partial charge in [0.1, 0.15) is 0 Å². The SMILES string of the molecule is [NH]C(=S)CCCCC([NH])=S. The van der Waals surface area contributed by atoms with Gasteiger partial charge in [-0.25, -0.2) is 0 Å². The van der Waals surface area contributed by atoms with Gasteiger partial charge in [-0.1, -0.05) is 24.4 Å². The minimum Gasteiger partial charge on any atom is -0.294 e. The zero-order chi connectivity index (χ0) is 7.98. The van der Waals surface area contributed by atoms with E-state index < -0.39 is 0 Å². The van der Waals surface area contributed by atoms with Gasteiger partial charge < -0.3 is 0 Å². The van der Waals surface area contributed by atoms with Gasteiger partial charge in [-0.15, -0.1) is 0 Å². The Bertz CT molecular complexity index is 118. The highest BCUT2D eigenvalue weighted by molar-refractivity contribution is 7.80. The standard InChI is InChI=1S/C6H10N2S2/c7-5(9)3-1-2-4-6(8)10/h7-8H,1-4H2. The highest BCUT2D eigenvalue weighted by Crippen LogP contribution is 2.00. The Kier molecular flexibility index (Phi) is 5.43. The Balaban J connectivity index is 3.06. The minimum absolute atomic E-state index is 0.302. The number of thiocarbonyl (C=S) groups is 2. The average molecular weight is 174 g/mol. The molecule has 2 nitrogen and oxygen atoms in total. The molecule has 0 spiro atoms. The topological polar surface area (TPSA) is 47.6 Å². The highest BCUT2D eigenvalue weighted by atomic mass is 32.1. The summed E-state index contributed by atoms with van der Waals surface area (Å²) in [5.74, 6) is 0. The molecule has 0 aliphatic carbocycles. The van der Waals surface area contributed by atoms with Crippen LogP contribution in [0.3, 0.4) is 0 Å². The maximum Gasteiger partial charge on any atom is 0.0939 e. The van der Waals surface area contributed by atoms with Crippen molar-refractivity contribution in [3.8, 4) is 0 Å². The van der Waals surface area contributed by atoms with Gasteiger partial charge in [0.05, 0.1) is 9.98 Å². The van der Waals surface area contributed by atoms with E-state index in [-0.39, 0.29) is 0 Å². The van der Waals surface area contributed by atoms with Gasteiger partial charge in [0.25, 0.3) is 0 Å². The molecular weight excluding hydrogens is 164 g/mol. The van der Waals surface area contributed by atoms with E-state index in [0.29, 0.717) is 22.8 Å². The lowest BCUT2D eigenvalue weighted by Crippen LogP contribution is -1.97. The Hall–Kier alpha value is -0.220. The average Bonchev–Trinajstić information content (AvgIpc) is 1.79. The van der Waals surface area contributed by atoms with Gasteiger partial charge in [0.15, 0.2) is 0 Å². The predicted molar refractivity (Wildman–Crippen MR) is 49.9 cm³/mol. The molecule has 0 saturated heterocycles. The number of hydrogen-bond donors (Lipinski definition) is 0. The fourth-order valence-corrected chi connectivity index (χ4v) is 0.860. The second-order valence-electron chi connectivity index (χ2n) is 2.05. The summed E-state index contributed by atoms with van der Waals surface area (Å²) in [6.07, 6.45) is 3.11. The van der Waals surface area contributed by atoms with Crippen molar-refractivity contribution in [2.45, 2.75) is 25.7 Å². The third kappa shape index (κ3) is 7.78. The lowest BCUT2D eigenvalue weighted by molar-refractivity contribution is 0.796. The number of rotatable bonds is 5. The molecule has 0 aliphatic rings. The monoisotopic (exact) mass is 174 g/mol. The number of unbranched alkanes of at least 4 members (excludes halogenated alkanes) is 1. The zero-order valence-corrected chi connectivity index (χ0v) is 7.28. The Morgan fingerprint density at radius 3 is 1.40 bits per heavy atom. The Morgan fingerprint density at radius 2 is 1.20 bits per heavy atom. The van der Waals surface area contributed by atoms with Crippen molar-refractivity contribution in [3.63, 3.8) is 0 Å². The predicted octanol–water partition coefficient (Wildman–Crippen LogP) is 1.77. The first-order valence-electron chi connectivity index (χ1n) is 3.12. The molecular formula is C6H10N2S2. The third-order valence-electron chi connectivity index (χ3n) is 1.06. The minimum atomic E-state index is 0.302. The lowest BCUT2D eigenvalue weighted by atomic mass is 10.2. The van der Waals surface area contributed by atoms with Gasteiger partial charge in [-0.3, -0.25) is 11.5 Å². The summed E-state index contributed by atoms with van der Waals surface area (Å²) in [4.78, 5) is 0.604. The molecule has 0 aromatic rings. The first kappa shape index (κ1) is 9.78. The fourth-order valence-electron chi connectivity index (χ4n) is 0.571. The van der Waals surface area contributed by atoms with Crippen molar-refractivity contribution >= 4 is 34.4 Å². The summed E-state index contributed by atoms with van der Waals surface area (Å²) >= 11 is 9.12. The van der Waals surface area contributed by atoms with E-state index in [9.17, 15) is 0 Å². The lowest BCUT2D eigenvalue weighted by Gasteiger charge is -1.95. The van der Waals surface area contributed by atoms with Gasteiger partial charge in [-0.05, 0) is 25.7 Å². The summed E-state index contributed by atoms with van der Waals surface area (Å²) in [5, 5.41) is 0. The summed E-state index contributed by atoms with van der Waals surface area (Å²) in [7, 11) is 0. The van der Waals surface area contributed by atoms with E-state index in [2.05, 4.69) is 24.4 Å². The normalized spacial score (nSPS) is 9.20. The molecule has 0 unspecified atom stereocenters. The first-order valence-corrected chi connectivity index (χ1v) is 3.93. The summed E-state index contributed by atoms with van der Waals surface area (Å²) in [5.41, 5.74) is 13.8. The fraction of sp³-hybridized carbons (Fsp3) is 0.667. The van der Waals surface area contributed by atoms with Crippen LogP contribution in [0.1, 0.15) is 25.7 Å². The molecule has 2 N–H and O–H groups in total. The van der Waals surface area contributed by atoms with Crippen LogP contribution < -0.4 is 11.5 Å². The summed E-state index contributed by atoms with van der Waals surface area (Å²) in [6, 6.07) is 0. The van der Waals surface area contributed by atoms with E-state index in [4.69, 9.17) is 11.5 Å². The molecule has 0 heterocycles. The Labute approximate surface area is 72.0 Å². The van der Waals surface area contributed by atoms with Crippen LogP contribution in [0.4, 0.5) is 0 Å². The molecule has 0 saturated carbocycles. The molecule has 0 rings (SSSR count). The van der Waals surface area contributed by atoms with Crippen molar-refractivity contribution in [1.82, 2.24) is 11.5 Å². The molecule has 10 heavy (non-hydrogen) atoms. The van der Waals surface area contributed by atoms with Crippen LogP contribution >= 0.6 is 24.4 Å². The summed E-state index contributed by atoms with van der Waals surface area (Å²) in [6.45, 7) is 0. The first-order chi connectivity index (χ1) is 4.63. The van der Waals surface area contributed by atoms with Crippen molar-refractivity contribution in [1.29, 1.82) is 0 Å². The van der Waals surface area contributed by atoms with E-state index >= 15 is 0 Å². The number of nitrogens with one attached hydrogen (secondary N) is 2.